The SMILES string of the molecule is CNCCC(=O)NCc1ccc(F)cc1Br.Cl. The van der Waals surface area contributed by atoms with Crippen LogP contribution in [-0.4, -0.2) is 19.5 Å². The number of amides is 1. The van der Waals surface area contributed by atoms with Gasteiger partial charge in [-0.2, -0.15) is 0 Å². The molecule has 0 heterocycles. The quantitative estimate of drug-likeness (QED) is 0.872. The van der Waals surface area contributed by atoms with Gasteiger partial charge in [-0.25, -0.2) is 4.39 Å². The van der Waals surface area contributed by atoms with Crippen LogP contribution in [0.1, 0.15) is 12.0 Å². The summed E-state index contributed by atoms with van der Waals surface area (Å²) in [6, 6.07) is 4.41. The molecule has 1 aromatic carbocycles. The second-order valence-corrected chi connectivity index (χ2v) is 4.22. The zero-order chi connectivity index (χ0) is 12.0. The van der Waals surface area contributed by atoms with Crippen molar-refractivity contribution in [1.29, 1.82) is 0 Å². The van der Waals surface area contributed by atoms with Gasteiger partial charge in [0.1, 0.15) is 5.82 Å². The third-order valence-corrected chi connectivity index (χ3v) is 2.83. The Morgan fingerprint density at radius 3 is 2.76 bits per heavy atom. The lowest BCUT2D eigenvalue weighted by Crippen LogP contribution is -2.26. The highest BCUT2D eigenvalue weighted by molar-refractivity contribution is 9.10. The molecule has 0 aliphatic heterocycles. The van der Waals surface area contributed by atoms with E-state index < -0.39 is 0 Å². The molecule has 0 aliphatic rings. The number of rotatable bonds is 5. The van der Waals surface area contributed by atoms with Gasteiger partial charge in [0, 0.05) is 24.0 Å². The topological polar surface area (TPSA) is 41.1 Å². The van der Waals surface area contributed by atoms with Crippen molar-refractivity contribution in [3.05, 3.63) is 34.1 Å². The first-order valence-electron chi connectivity index (χ1n) is 4.98. The van der Waals surface area contributed by atoms with Gasteiger partial charge < -0.3 is 10.6 Å². The number of nitrogens with one attached hydrogen (secondary N) is 2. The molecule has 1 rings (SSSR count). The van der Waals surface area contributed by atoms with Gasteiger partial charge in [0.25, 0.3) is 0 Å². The van der Waals surface area contributed by atoms with Crippen molar-refractivity contribution >= 4 is 34.2 Å². The van der Waals surface area contributed by atoms with Crippen LogP contribution in [0.5, 0.6) is 0 Å². The van der Waals surface area contributed by atoms with E-state index in [4.69, 9.17) is 0 Å². The third kappa shape index (κ3) is 6.00. The summed E-state index contributed by atoms with van der Waals surface area (Å²) in [5, 5.41) is 5.66. The number of halogens is 3. The molecule has 17 heavy (non-hydrogen) atoms. The number of benzene rings is 1. The van der Waals surface area contributed by atoms with Gasteiger partial charge in [0.15, 0.2) is 0 Å². The largest absolute Gasteiger partial charge is 0.352 e. The van der Waals surface area contributed by atoms with Crippen LogP contribution in [-0.2, 0) is 11.3 Å². The minimum atomic E-state index is -0.294. The predicted molar refractivity (Wildman–Crippen MR) is 71.7 cm³/mol. The Labute approximate surface area is 115 Å². The van der Waals surface area contributed by atoms with E-state index in [9.17, 15) is 9.18 Å². The first-order chi connectivity index (χ1) is 7.63. The number of hydrogen-bond acceptors (Lipinski definition) is 2. The molecule has 0 fully saturated rings. The molecule has 0 saturated heterocycles. The summed E-state index contributed by atoms with van der Waals surface area (Å²) in [5.74, 6) is -0.317. The molecule has 0 bridgehead atoms. The Kier molecular flexibility index (Phi) is 8.12. The summed E-state index contributed by atoms with van der Waals surface area (Å²) < 4.78 is 13.5. The van der Waals surface area contributed by atoms with Gasteiger partial charge in [-0.3, -0.25) is 4.79 Å². The summed E-state index contributed by atoms with van der Waals surface area (Å²) >= 11 is 3.25. The average molecular weight is 326 g/mol. The summed E-state index contributed by atoms with van der Waals surface area (Å²) in [4.78, 5) is 11.3. The van der Waals surface area contributed by atoms with Crippen LogP contribution in [0.25, 0.3) is 0 Å². The monoisotopic (exact) mass is 324 g/mol. The highest BCUT2D eigenvalue weighted by atomic mass is 79.9. The normalized spacial score (nSPS) is 9.59. The Balaban J connectivity index is 0.00000256. The molecule has 96 valence electrons. The summed E-state index contributed by atoms with van der Waals surface area (Å²) in [6.07, 6.45) is 0.440. The molecule has 3 nitrogen and oxygen atoms in total. The molecule has 2 N–H and O–H groups in total. The summed E-state index contributed by atoms with van der Waals surface area (Å²) in [6.45, 7) is 1.06. The van der Waals surface area contributed by atoms with E-state index in [2.05, 4.69) is 26.6 Å². The summed E-state index contributed by atoms with van der Waals surface area (Å²) in [5.41, 5.74) is 0.860. The van der Waals surface area contributed by atoms with Crippen molar-refractivity contribution in [2.24, 2.45) is 0 Å². The Hall–Kier alpha value is -0.650. The maximum absolute atomic E-state index is 12.8. The molecular formula is C11H15BrClFN2O. The standard InChI is InChI=1S/C11H14BrFN2O.ClH/c1-14-5-4-11(16)15-7-8-2-3-9(13)6-10(8)12;/h2-3,6,14H,4-5,7H2,1H3,(H,15,16);1H. The van der Waals surface area contributed by atoms with Crippen LogP contribution >= 0.6 is 28.3 Å². The highest BCUT2D eigenvalue weighted by Gasteiger charge is 2.04. The van der Waals surface area contributed by atoms with Crippen LogP contribution in [0.2, 0.25) is 0 Å². The molecule has 1 aromatic rings. The maximum atomic E-state index is 12.8. The molecular weight excluding hydrogens is 310 g/mol. The summed E-state index contributed by atoms with van der Waals surface area (Å²) in [7, 11) is 1.80. The second-order valence-electron chi connectivity index (χ2n) is 3.37. The number of hydrogen-bond donors (Lipinski definition) is 2. The van der Waals surface area contributed by atoms with E-state index >= 15 is 0 Å². The van der Waals surface area contributed by atoms with Gasteiger partial charge in [-0.15, -0.1) is 12.4 Å². The first-order valence-corrected chi connectivity index (χ1v) is 5.78. The zero-order valence-electron chi connectivity index (χ0n) is 9.43. The van der Waals surface area contributed by atoms with E-state index in [-0.39, 0.29) is 24.1 Å². The number of carbonyl (C=O) groups excluding carboxylic acids is 1. The van der Waals surface area contributed by atoms with Crippen LogP contribution < -0.4 is 10.6 Å². The fourth-order valence-corrected chi connectivity index (χ4v) is 1.68. The molecule has 0 aliphatic carbocycles. The number of carbonyl (C=O) groups is 1. The molecule has 1 amide bonds. The van der Waals surface area contributed by atoms with Crippen molar-refractivity contribution < 1.29 is 9.18 Å². The molecule has 0 saturated carbocycles. The average Bonchev–Trinajstić information content (AvgIpc) is 2.25. The van der Waals surface area contributed by atoms with Crippen molar-refractivity contribution in [3.8, 4) is 0 Å². The molecule has 0 atom stereocenters. The molecule has 0 aromatic heterocycles. The van der Waals surface area contributed by atoms with Crippen LogP contribution in [0.3, 0.4) is 0 Å². The third-order valence-electron chi connectivity index (χ3n) is 2.09. The van der Waals surface area contributed by atoms with Crippen molar-refractivity contribution in [3.63, 3.8) is 0 Å². The van der Waals surface area contributed by atoms with E-state index in [0.717, 1.165) is 5.56 Å². The molecule has 0 unspecified atom stereocenters. The van der Waals surface area contributed by atoms with Gasteiger partial charge in [0.05, 0.1) is 0 Å². The lowest BCUT2D eigenvalue weighted by Gasteiger charge is -2.07. The van der Waals surface area contributed by atoms with E-state index in [1.54, 1.807) is 13.1 Å². The van der Waals surface area contributed by atoms with Gasteiger partial charge in [-0.05, 0) is 24.7 Å². The van der Waals surface area contributed by atoms with Crippen LogP contribution in [0, 0.1) is 5.82 Å². The second kappa shape index (κ2) is 8.44. The fourth-order valence-electron chi connectivity index (χ4n) is 1.19. The van der Waals surface area contributed by atoms with Crippen molar-refractivity contribution in [1.82, 2.24) is 10.6 Å². The van der Waals surface area contributed by atoms with Crippen molar-refractivity contribution in [2.75, 3.05) is 13.6 Å². The lowest BCUT2D eigenvalue weighted by atomic mass is 10.2. The fraction of sp³-hybridized carbons (Fsp3) is 0.364. The van der Waals surface area contributed by atoms with Gasteiger partial charge in [0.2, 0.25) is 5.91 Å². The first kappa shape index (κ1) is 16.4. The lowest BCUT2D eigenvalue weighted by molar-refractivity contribution is -0.121. The molecule has 0 spiro atoms. The van der Waals surface area contributed by atoms with Gasteiger partial charge >= 0.3 is 0 Å². The van der Waals surface area contributed by atoms with E-state index in [1.807, 2.05) is 0 Å². The predicted octanol–water partition coefficient (Wildman–Crippen LogP) is 2.24. The maximum Gasteiger partial charge on any atom is 0.221 e. The van der Waals surface area contributed by atoms with E-state index in [1.165, 1.54) is 12.1 Å². The smallest absolute Gasteiger partial charge is 0.221 e. The molecule has 6 heteroatoms. The Morgan fingerprint density at radius 1 is 1.47 bits per heavy atom. The Morgan fingerprint density at radius 2 is 2.18 bits per heavy atom. The van der Waals surface area contributed by atoms with Crippen molar-refractivity contribution in [2.45, 2.75) is 13.0 Å². The Bertz CT molecular complexity index is 376. The van der Waals surface area contributed by atoms with Crippen LogP contribution in [0.15, 0.2) is 22.7 Å². The van der Waals surface area contributed by atoms with Gasteiger partial charge in [-0.1, -0.05) is 22.0 Å². The zero-order valence-corrected chi connectivity index (χ0v) is 11.8. The van der Waals surface area contributed by atoms with Crippen LogP contribution in [0.4, 0.5) is 4.39 Å². The minimum Gasteiger partial charge on any atom is -0.352 e. The highest BCUT2D eigenvalue weighted by Crippen LogP contribution is 2.17. The van der Waals surface area contributed by atoms with E-state index in [0.29, 0.717) is 24.0 Å². The molecule has 0 radical (unpaired) electrons. The minimum absolute atomic E-state index is 0.